The molecule has 9 atom stereocenters. The maximum atomic E-state index is 11.9. The summed E-state index contributed by atoms with van der Waals surface area (Å²) in [5.41, 5.74) is -1.60. The second kappa shape index (κ2) is 7.32. The van der Waals surface area contributed by atoms with E-state index in [1.165, 1.54) is 14.0 Å². The average molecular weight is 434 g/mol. The average Bonchev–Trinajstić information content (AvgIpc) is 3.24. The standard InChI is InChI=1S/C19H30O11/c1-8(20)25-13-10(21)11(22)15(23-6)30-19(13)12(9-7-24-17(2,3)27-9)26-16-14(19)28-18(4,5)29-16/h9-16,21-22H,7H2,1-6H3/t9-,10+,11-,12-,13-,14+,15-,16-,19+/m1/s1. The zero-order valence-corrected chi connectivity index (χ0v) is 17.9. The van der Waals surface area contributed by atoms with Gasteiger partial charge in [-0.1, -0.05) is 0 Å². The molecule has 0 aromatic carbocycles. The molecule has 4 aliphatic heterocycles. The molecule has 4 aliphatic rings. The van der Waals surface area contributed by atoms with Crippen molar-refractivity contribution in [1.82, 2.24) is 0 Å². The lowest BCUT2D eigenvalue weighted by molar-refractivity contribution is -0.363. The van der Waals surface area contributed by atoms with E-state index < -0.39 is 72.3 Å². The third kappa shape index (κ3) is 3.46. The van der Waals surface area contributed by atoms with Gasteiger partial charge < -0.3 is 48.1 Å². The molecule has 30 heavy (non-hydrogen) atoms. The van der Waals surface area contributed by atoms with Crippen LogP contribution in [-0.4, -0.2) is 96.3 Å². The van der Waals surface area contributed by atoms with Gasteiger partial charge in [0.15, 0.2) is 35.9 Å². The van der Waals surface area contributed by atoms with Gasteiger partial charge >= 0.3 is 5.97 Å². The Kier molecular flexibility index (Phi) is 5.45. The van der Waals surface area contributed by atoms with E-state index in [9.17, 15) is 15.0 Å². The number of carbonyl (C=O) groups is 1. The third-order valence-electron chi connectivity index (χ3n) is 5.83. The first-order valence-electron chi connectivity index (χ1n) is 9.97. The summed E-state index contributed by atoms with van der Waals surface area (Å²) in [6.45, 7) is 8.29. The summed E-state index contributed by atoms with van der Waals surface area (Å²) in [5, 5.41) is 21.4. The quantitative estimate of drug-likeness (QED) is 0.553. The maximum Gasteiger partial charge on any atom is 0.303 e. The van der Waals surface area contributed by atoms with Crippen LogP contribution in [0.15, 0.2) is 0 Å². The Morgan fingerprint density at radius 3 is 2.23 bits per heavy atom. The monoisotopic (exact) mass is 434 g/mol. The van der Waals surface area contributed by atoms with Crippen LogP contribution in [0, 0.1) is 0 Å². The lowest BCUT2D eigenvalue weighted by Gasteiger charge is -2.51. The summed E-state index contributed by atoms with van der Waals surface area (Å²) in [6, 6.07) is 0. The normalized spacial score (nSPS) is 49.3. The van der Waals surface area contributed by atoms with Gasteiger partial charge in [-0.15, -0.1) is 0 Å². The molecule has 0 aromatic rings. The summed E-state index contributed by atoms with van der Waals surface area (Å²) in [5.74, 6) is -2.57. The van der Waals surface area contributed by atoms with E-state index in [0.29, 0.717) is 0 Å². The van der Waals surface area contributed by atoms with Gasteiger partial charge in [0.2, 0.25) is 0 Å². The molecule has 4 rings (SSSR count). The zero-order valence-electron chi connectivity index (χ0n) is 17.9. The maximum absolute atomic E-state index is 11.9. The van der Waals surface area contributed by atoms with Gasteiger partial charge in [-0.3, -0.25) is 4.79 Å². The predicted octanol–water partition coefficient (Wildman–Crippen LogP) is -0.591. The highest BCUT2D eigenvalue weighted by Crippen LogP contribution is 2.53. The second-order valence-corrected chi connectivity index (χ2v) is 8.94. The Morgan fingerprint density at radius 1 is 0.967 bits per heavy atom. The fourth-order valence-corrected chi connectivity index (χ4v) is 4.72. The van der Waals surface area contributed by atoms with Crippen LogP contribution in [0.5, 0.6) is 0 Å². The molecule has 0 saturated carbocycles. The van der Waals surface area contributed by atoms with E-state index >= 15 is 0 Å². The van der Waals surface area contributed by atoms with E-state index in [0.717, 1.165) is 0 Å². The summed E-state index contributed by atoms with van der Waals surface area (Å²) in [6.07, 6.45) is -8.98. The van der Waals surface area contributed by atoms with Gasteiger partial charge in [0, 0.05) is 14.0 Å². The Hall–Kier alpha value is -0.890. The Balaban J connectivity index is 1.80. The minimum atomic E-state index is -1.60. The highest BCUT2D eigenvalue weighted by molar-refractivity contribution is 5.66. The fourth-order valence-electron chi connectivity index (χ4n) is 4.72. The van der Waals surface area contributed by atoms with Crippen LogP contribution in [0.2, 0.25) is 0 Å². The van der Waals surface area contributed by atoms with Gasteiger partial charge in [-0.2, -0.15) is 0 Å². The number of fused-ring (bicyclic) bond motifs is 2. The van der Waals surface area contributed by atoms with Crippen molar-refractivity contribution >= 4 is 5.97 Å². The predicted molar refractivity (Wildman–Crippen MR) is 95.8 cm³/mol. The van der Waals surface area contributed by atoms with Crippen molar-refractivity contribution in [3.05, 3.63) is 0 Å². The van der Waals surface area contributed by atoms with Crippen LogP contribution < -0.4 is 0 Å². The van der Waals surface area contributed by atoms with Crippen LogP contribution in [0.4, 0.5) is 0 Å². The molecule has 4 saturated heterocycles. The van der Waals surface area contributed by atoms with Gasteiger partial charge in [0.05, 0.1) is 6.61 Å². The molecule has 172 valence electrons. The van der Waals surface area contributed by atoms with Gasteiger partial charge in [0.1, 0.15) is 30.5 Å². The number of aliphatic hydroxyl groups excluding tert-OH is 2. The molecule has 0 bridgehead atoms. The van der Waals surface area contributed by atoms with Crippen molar-refractivity contribution in [2.45, 2.75) is 101 Å². The SMILES string of the molecule is CO[C@@H]1O[C@]2([C@H](OC(C)=O)[C@@H](O)[C@H]1O)[C@@H]([C@H]1COC(C)(C)O1)O[C@@H]1OC(C)(C)O[C@@H]12. The Morgan fingerprint density at radius 2 is 1.67 bits per heavy atom. The number of aliphatic hydroxyl groups is 2. The number of methoxy groups -OCH3 is 1. The van der Waals surface area contributed by atoms with Gasteiger partial charge in [0.25, 0.3) is 0 Å². The lowest BCUT2D eigenvalue weighted by Crippen LogP contribution is -2.74. The molecule has 4 heterocycles. The molecule has 2 N–H and O–H groups in total. The van der Waals surface area contributed by atoms with Crippen LogP contribution in [0.25, 0.3) is 0 Å². The zero-order chi connectivity index (χ0) is 22.1. The number of ether oxygens (including phenoxy) is 8. The first-order valence-corrected chi connectivity index (χ1v) is 9.97. The first kappa shape index (κ1) is 22.3. The molecule has 11 heteroatoms. The fraction of sp³-hybridized carbons (Fsp3) is 0.947. The Labute approximate surface area is 174 Å². The van der Waals surface area contributed by atoms with E-state index in [4.69, 9.17) is 37.9 Å². The summed E-state index contributed by atoms with van der Waals surface area (Å²) >= 11 is 0. The minimum absolute atomic E-state index is 0.161. The Bertz CT molecular complexity index is 681. The second-order valence-electron chi connectivity index (χ2n) is 8.94. The van der Waals surface area contributed by atoms with E-state index in [1.807, 2.05) is 0 Å². The van der Waals surface area contributed by atoms with E-state index in [-0.39, 0.29) is 6.61 Å². The molecule has 0 aliphatic carbocycles. The van der Waals surface area contributed by atoms with Crippen molar-refractivity contribution in [1.29, 1.82) is 0 Å². The number of esters is 1. The van der Waals surface area contributed by atoms with Crippen molar-refractivity contribution in [2.75, 3.05) is 13.7 Å². The van der Waals surface area contributed by atoms with Crippen LogP contribution in [0.1, 0.15) is 34.6 Å². The van der Waals surface area contributed by atoms with Crippen molar-refractivity contribution in [3.8, 4) is 0 Å². The topological polar surface area (TPSA) is 131 Å². The van der Waals surface area contributed by atoms with E-state index in [2.05, 4.69) is 0 Å². The van der Waals surface area contributed by atoms with Gasteiger partial charge in [-0.25, -0.2) is 0 Å². The molecule has 0 unspecified atom stereocenters. The lowest BCUT2D eigenvalue weighted by atomic mass is 9.77. The molecule has 0 aromatic heterocycles. The molecule has 4 fully saturated rings. The van der Waals surface area contributed by atoms with Crippen molar-refractivity contribution in [3.63, 3.8) is 0 Å². The highest BCUT2D eigenvalue weighted by atomic mass is 16.9. The number of carbonyl (C=O) groups excluding carboxylic acids is 1. The van der Waals surface area contributed by atoms with Gasteiger partial charge in [-0.05, 0) is 27.7 Å². The summed E-state index contributed by atoms with van der Waals surface area (Å²) in [4.78, 5) is 11.9. The molecular weight excluding hydrogens is 404 g/mol. The van der Waals surface area contributed by atoms with E-state index in [1.54, 1.807) is 27.7 Å². The minimum Gasteiger partial charge on any atom is -0.456 e. The molecule has 0 amide bonds. The molecular formula is C19H30O11. The molecule has 0 radical (unpaired) electrons. The molecule has 11 nitrogen and oxygen atoms in total. The largest absolute Gasteiger partial charge is 0.456 e. The number of hydrogen-bond acceptors (Lipinski definition) is 11. The first-order chi connectivity index (χ1) is 13.9. The number of hydrogen-bond donors (Lipinski definition) is 2. The summed E-state index contributed by atoms with van der Waals surface area (Å²) in [7, 11) is 1.33. The van der Waals surface area contributed by atoms with Crippen molar-refractivity contribution in [2.24, 2.45) is 0 Å². The highest BCUT2D eigenvalue weighted by Gasteiger charge is 2.75. The third-order valence-corrected chi connectivity index (χ3v) is 5.83. The molecule has 1 spiro atoms. The van der Waals surface area contributed by atoms with Crippen LogP contribution in [0.3, 0.4) is 0 Å². The smallest absolute Gasteiger partial charge is 0.303 e. The van der Waals surface area contributed by atoms with Crippen LogP contribution >= 0.6 is 0 Å². The van der Waals surface area contributed by atoms with Crippen molar-refractivity contribution < 1.29 is 52.9 Å². The van der Waals surface area contributed by atoms with Crippen LogP contribution in [-0.2, 0) is 42.7 Å². The number of rotatable bonds is 3. The summed E-state index contributed by atoms with van der Waals surface area (Å²) < 4.78 is 46.8.